The number of aliphatic hydroxyl groups is 2. The highest BCUT2D eigenvalue weighted by molar-refractivity contribution is 7.10. The minimum Gasteiger partial charge on any atom is -0.479 e. The molecule has 6 atom stereocenters. The first-order valence-electron chi connectivity index (χ1n) is 21.2. The minimum atomic E-state index is -1.53. The van der Waals surface area contributed by atoms with Crippen LogP contribution in [0, 0.1) is 0 Å². The molecule has 0 aromatic carbocycles. The number of hydrogen-bond donors (Lipinski definition) is 6. The number of likely N-dealkylation sites (N-methyl/N-ethyl adjacent to an activating group) is 1. The van der Waals surface area contributed by atoms with Gasteiger partial charge in [0.2, 0.25) is 0 Å². The molecule has 0 spiro atoms. The first kappa shape index (κ1) is 63.4. The van der Waals surface area contributed by atoms with E-state index in [2.05, 4.69) is 20.9 Å². The summed E-state index contributed by atoms with van der Waals surface area (Å²) in [6.07, 6.45) is -2.58. The molecule has 2 aliphatic rings. The van der Waals surface area contributed by atoms with Gasteiger partial charge in [-0.05, 0) is 81.3 Å². The number of nitrogens with zero attached hydrogens (tertiary/aromatic N) is 3. The fraction of sp³-hybridized carbons (Fsp3) is 0.574. The Labute approximate surface area is 423 Å². The summed E-state index contributed by atoms with van der Waals surface area (Å²) in [4.78, 5) is 69.1. The Morgan fingerprint density at radius 3 is 1.53 bits per heavy atom. The molecule has 70 heavy (non-hydrogen) atoms. The molecule has 0 saturated carbocycles. The molecular weight excluding hydrogens is 969 g/mol. The predicted molar refractivity (Wildman–Crippen MR) is 268 cm³/mol. The average Bonchev–Trinajstić information content (AvgIpc) is 4.16. The molecule has 20 nitrogen and oxygen atoms in total. The SMILES string of the molecule is C.C.C.CC1(C)O[C@@H](C(=O)O)[C@H](C(=O)NCCc2cccs2)O1.COC(CN(C)C(=O)[C@@H]1OC(C)(C)O[C@H]1C(=O)NCCc1cccs1)OC.Cn1ccnc1[C@H](O)[C@@H](O)C(=O)NCCc1cccs1. The lowest BCUT2D eigenvalue weighted by Gasteiger charge is -2.25. The Morgan fingerprint density at radius 1 is 0.729 bits per heavy atom. The van der Waals surface area contributed by atoms with Gasteiger partial charge in [0.25, 0.3) is 23.6 Å². The van der Waals surface area contributed by atoms with Gasteiger partial charge in [-0.25, -0.2) is 9.78 Å². The molecule has 2 saturated heterocycles. The van der Waals surface area contributed by atoms with E-state index in [1.54, 1.807) is 86.6 Å². The van der Waals surface area contributed by atoms with Gasteiger partial charge in [0.05, 0.1) is 6.54 Å². The van der Waals surface area contributed by atoms with Crippen LogP contribution < -0.4 is 16.0 Å². The zero-order chi connectivity index (χ0) is 49.3. The molecule has 0 unspecified atom stereocenters. The van der Waals surface area contributed by atoms with Gasteiger partial charge in [-0.2, -0.15) is 0 Å². The highest BCUT2D eigenvalue weighted by Crippen LogP contribution is 2.30. The van der Waals surface area contributed by atoms with Crippen molar-refractivity contribution in [1.29, 1.82) is 0 Å². The topological polar surface area (TPSA) is 259 Å². The molecule has 4 amide bonds. The number of aliphatic carboxylic acids is 1. The molecule has 6 heterocycles. The number of thiophene rings is 3. The standard InChI is InChI=1S/C18H28N2O6S.C13H17N3O3S.C13H17NO5S.3CH4/c1-18(2)25-14(16(21)19-9-8-12-7-6-10-27-12)15(26-18)17(22)20(3)11-13(23-4)24-5;1-16-7-6-14-12(16)10(17)11(18)13(19)15-5-4-9-3-2-8-20-9;1-13(2)18-9(10(19-13)12(16)17)11(15)14-6-5-8-4-3-7-20-8;;;/h6-7,10,13-15H,8-9,11H2,1-5H3,(H,19,21);2-3,6-8,10-11,17-18H,4-5H2,1H3,(H,15,19);3-4,7,9-10H,5-6H2,1-2H3,(H,14,15)(H,16,17);3*1H4/t14-,15-;10-,11-;9-,10-;;;/m111.../s1. The number of aliphatic hydroxyl groups excluding tert-OH is 2. The van der Waals surface area contributed by atoms with Crippen molar-refractivity contribution >= 4 is 63.6 Å². The van der Waals surface area contributed by atoms with E-state index < -0.39 is 72.3 Å². The molecule has 6 N–H and O–H groups in total. The number of methoxy groups -OCH3 is 2. The van der Waals surface area contributed by atoms with E-state index >= 15 is 0 Å². The van der Waals surface area contributed by atoms with Gasteiger partial charge in [0, 0.05) is 75.0 Å². The molecule has 6 rings (SSSR count). The predicted octanol–water partition coefficient (Wildman–Crippen LogP) is 4.16. The first-order chi connectivity index (χ1) is 31.8. The van der Waals surface area contributed by atoms with Crippen molar-refractivity contribution in [3.63, 3.8) is 0 Å². The number of rotatable bonds is 20. The number of carbonyl (C=O) groups excluding carboxylic acids is 4. The summed E-state index contributed by atoms with van der Waals surface area (Å²) in [5.41, 5.74) is 0. The highest BCUT2D eigenvalue weighted by atomic mass is 32.1. The second kappa shape index (κ2) is 30.3. The first-order valence-corrected chi connectivity index (χ1v) is 23.9. The van der Waals surface area contributed by atoms with Gasteiger partial charge in [0.15, 0.2) is 48.4 Å². The van der Waals surface area contributed by atoms with E-state index in [1.165, 1.54) is 30.2 Å². The van der Waals surface area contributed by atoms with Crippen molar-refractivity contribution in [3.8, 4) is 0 Å². The number of aryl methyl sites for hydroxylation is 1. The summed E-state index contributed by atoms with van der Waals surface area (Å²) >= 11 is 4.86. The number of imidazole rings is 1. The molecule has 0 bridgehead atoms. The van der Waals surface area contributed by atoms with E-state index in [1.807, 2.05) is 52.5 Å². The molecule has 4 aromatic heterocycles. The van der Waals surface area contributed by atoms with Crippen LogP contribution in [0.25, 0.3) is 0 Å². The Balaban J connectivity index is 0.000000522. The second-order valence-corrected chi connectivity index (χ2v) is 19.2. The third-order valence-corrected chi connectivity index (χ3v) is 12.8. The smallest absolute Gasteiger partial charge is 0.336 e. The number of ether oxygens (including phenoxy) is 6. The van der Waals surface area contributed by atoms with E-state index in [0.717, 1.165) is 16.2 Å². The van der Waals surface area contributed by atoms with Crippen LogP contribution in [0.4, 0.5) is 0 Å². The average molecular weight is 1040 g/mol. The second-order valence-electron chi connectivity index (χ2n) is 16.1. The Kier molecular flexibility index (Phi) is 27.4. The van der Waals surface area contributed by atoms with E-state index in [0.29, 0.717) is 32.5 Å². The summed E-state index contributed by atoms with van der Waals surface area (Å²) < 4.78 is 33.8. The molecule has 0 radical (unpaired) electrons. The molecule has 23 heteroatoms. The Morgan fingerprint density at radius 2 is 1.14 bits per heavy atom. The normalized spacial score (nSPS) is 19.2. The third-order valence-electron chi connectivity index (χ3n) is 9.96. The van der Waals surface area contributed by atoms with Crippen LogP contribution in [-0.4, -0.2) is 155 Å². The molecule has 2 fully saturated rings. The van der Waals surface area contributed by atoms with Crippen molar-refractivity contribution in [1.82, 2.24) is 30.4 Å². The van der Waals surface area contributed by atoms with Gasteiger partial charge in [0.1, 0.15) is 11.9 Å². The Bertz CT molecular complexity index is 2130. The summed E-state index contributed by atoms with van der Waals surface area (Å²) in [7, 11) is 6.28. The zero-order valence-corrected chi connectivity index (χ0v) is 41.2. The summed E-state index contributed by atoms with van der Waals surface area (Å²) in [5, 5.41) is 42.9. The summed E-state index contributed by atoms with van der Waals surface area (Å²) in [6.45, 7) is 8.06. The zero-order valence-electron chi connectivity index (χ0n) is 38.7. The third kappa shape index (κ3) is 19.5. The fourth-order valence-electron chi connectivity index (χ4n) is 6.59. The summed E-state index contributed by atoms with van der Waals surface area (Å²) in [6, 6.07) is 11.8. The van der Waals surface area contributed by atoms with Crippen molar-refractivity contribution in [2.45, 2.75) is 124 Å². The number of aromatic nitrogens is 2. The molecule has 2 aliphatic heterocycles. The van der Waals surface area contributed by atoms with Gasteiger partial charge < -0.3 is 69.2 Å². The fourth-order valence-corrected chi connectivity index (χ4v) is 8.71. The van der Waals surface area contributed by atoms with Crippen LogP contribution in [0.15, 0.2) is 64.9 Å². The maximum Gasteiger partial charge on any atom is 0.336 e. The van der Waals surface area contributed by atoms with Crippen molar-refractivity contribution in [2.75, 3.05) is 47.4 Å². The lowest BCUT2D eigenvalue weighted by Crippen LogP contribution is -2.50. The molecule has 0 aliphatic carbocycles. The minimum absolute atomic E-state index is 0. The number of nitrogens with one attached hydrogen (secondary N) is 3. The summed E-state index contributed by atoms with van der Waals surface area (Å²) in [5.74, 6) is -4.83. The van der Waals surface area contributed by atoms with Crippen molar-refractivity contribution in [2.24, 2.45) is 7.05 Å². The number of carbonyl (C=O) groups is 5. The van der Waals surface area contributed by atoms with Gasteiger partial charge in [-0.1, -0.05) is 40.5 Å². The quantitative estimate of drug-likeness (QED) is 0.0680. The van der Waals surface area contributed by atoms with Crippen LogP contribution >= 0.6 is 34.0 Å². The molecule has 394 valence electrons. The van der Waals surface area contributed by atoms with Gasteiger partial charge in [-0.3, -0.25) is 19.2 Å². The highest BCUT2D eigenvalue weighted by Gasteiger charge is 2.50. The maximum absolute atomic E-state index is 12.8. The number of carboxylic acid groups (broad SMARTS) is 1. The Hall–Kier alpha value is -4.66. The van der Waals surface area contributed by atoms with Crippen LogP contribution in [0.3, 0.4) is 0 Å². The van der Waals surface area contributed by atoms with Crippen molar-refractivity contribution < 1.29 is 67.7 Å². The van der Waals surface area contributed by atoms with Crippen LogP contribution in [0.1, 0.15) is 76.5 Å². The largest absolute Gasteiger partial charge is 0.479 e. The van der Waals surface area contributed by atoms with Crippen molar-refractivity contribution in [3.05, 3.63) is 85.4 Å². The lowest BCUT2D eigenvalue weighted by molar-refractivity contribution is -0.166. The van der Waals surface area contributed by atoms with Crippen LogP contribution in [0.5, 0.6) is 0 Å². The van der Waals surface area contributed by atoms with Gasteiger partial charge >= 0.3 is 5.97 Å². The van der Waals surface area contributed by atoms with E-state index in [-0.39, 0.29) is 46.5 Å². The van der Waals surface area contributed by atoms with Crippen LogP contribution in [0.2, 0.25) is 0 Å². The van der Waals surface area contributed by atoms with E-state index in [4.69, 9.17) is 33.5 Å². The van der Waals surface area contributed by atoms with E-state index in [9.17, 15) is 34.2 Å². The molecule has 4 aromatic rings. The number of amides is 4. The monoisotopic (exact) mass is 1040 g/mol. The van der Waals surface area contributed by atoms with Gasteiger partial charge in [-0.15, -0.1) is 34.0 Å². The van der Waals surface area contributed by atoms with Crippen LogP contribution in [-0.2, 0) is 78.7 Å². The lowest BCUT2D eigenvalue weighted by atomic mass is 10.1. The number of carboxylic acids is 1. The number of hydrogen-bond acceptors (Lipinski definition) is 17. The maximum atomic E-state index is 12.8. The molecular formula is C47H74N6O14S3.